The predicted molar refractivity (Wildman–Crippen MR) is 163 cm³/mol. The lowest BCUT2D eigenvalue weighted by Gasteiger charge is -2.36. The second kappa shape index (κ2) is 6.94. The van der Waals surface area contributed by atoms with Crippen molar-refractivity contribution in [3.8, 4) is 11.4 Å². The van der Waals surface area contributed by atoms with E-state index in [1.807, 2.05) is 22.7 Å². The van der Waals surface area contributed by atoms with Gasteiger partial charge in [-0.25, -0.2) is 0 Å². The Hall–Kier alpha value is -3.80. The molecule has 2 aliphatic heterocycles. The lowest BCUT2D eigenvalue weighted by Crippen LogP contribution is -2.59. The molecule has 174 valence electrons. The van der Waals surface area contributed by atoms with Gasteiger partial charge in [0.2, 0.25) is 0 Å². The summed E-state index contributed by atoms with van der Waals surface area (Å²) in [5.74, 6) is 0. The zero-order valence-corrected chi connectivity index (χ0v) is 22.1. The van der Waals surface area contributed by atoms with E-state index in [9.17, 15) is 0 Å². The summed E-state index contributed by atoms with van der Waals surface area (Å²) in [6.07, 6.45) is 0. The van der Waals surface area contributed by atoms with Gasteiger partial charge in [-0.05, 0) is 72.7 Å². The molecule has 37 heavy (non-hydrogen) atoms. The first-order valence-corrected chi connectivity index (χ1v) is 14.4. The molecule has 0 unspecified atom stereocenters. The minimum atomic E-state index is 0.206. The number of para-hydroxylation sites is 2. The lowest BCUT2D eigenvalue weighted by molar-refractivity contribution is 1.15. The van der Waals surface area contributed by atoms with Crippen molar-refractivity contribution < 1.29 is 0 Å². The Labute approximate surface area is 222 Å². The third kappa shape index (κ3) is 2.51. The summed E-state index contributed by atoms with van der Waals surface area (Å²) in [6.45, 7) is 4.65. The molecule has 5 aromatic carbocycles. The van der Waals surface area contributed by atoms with Crippen LogP contribution in [-0.2, 0) is 0 Å². The van der Waals surface area contributed by atoms with E-state index in [1.54, 1.807) is 0 Å². The summed E-state index contributed by atoms with van der Waals surface area (Å²) >= 11 is 3.84. The van der Waals surface area contributed by atoms with Crippen molar-refractivity contribution in [3.63, 3.8) is 0 Å². The van der Waals surface area contributed by atoms with Crippen molar-refractivity contribution >= 4 is 86.6 Å². The number of aromatic nitrogens is 2. The minimum absolute atomic E-state index is 0.206. The van der Waals surface area contributed by atoms with Gasteiger partial charge in [0.1, 0.15) is 0 Å². The predicted octanol–water partition coefficient (Wildman–Crippen LogP) is 6.89. The number of rotatable bonds is 0. The largest absolute Gasteiger partial charge is 0.309 e. The summed E-state index contributed by atoms with van der Waals surface area (Å²) in [6, 6.07) is 34.3. The van der Waals surface area contributed by atoms with Crippen LogP contribution >= 0.6 is 22.7 Å². The van der Waals surface area contributed by atoms with E-state index in [1.165, 1.54) is 79.8 Å². The highest BCUT2D eigenvalue weighted by Crippen LogP contribution is 2.40. The van der Waals surface area contributed by atoms with Gasteiger partial charge in [0.05, 0.1) is 40.9 Å². The van der Waals surface area contributed by atoms with Crippen molar-refractivity contribution in [2.24, 2.45) is 0 Å². The fourth-order valence-electron chi connectivity index (χ4n) is 6.65. The highest BCUT2D eigenvalue weighted by atomic mass is 32.1. The van der Waals surface area contributed by atoms with Crippen LogP contribution in [0.3, 0.4) is 0 Å². The normalized spacial score (nSPS) is 13.1. The number of hydrogen-bond donors (Lipinski definition) is 0. The molecule has 0 saturated carbocycles. The average Bonchev–Trinajstić information content (AvgIpc) is 2.91. The Morgan fingerprint density at radius 3 is 1.54 bits per heavy atom. The minimum Gasteiger partial charge on any atom is -0.309 e. The van der Waals surface area contributed by atoms with Gasteiger partial charge in [0.15, 0.2) is 0 Å². The molecule has 0 N–H and O–H groups in total. The molecule has 0 aliphatic carbocycles. The van der Waals surface area contributed by atoms with E-state index in [0.717, 1.165) is 0 Å². The maximum atomic E-state index is 2.55. The molecule has 2 nitrogen and oxygen atoms in total. The fraction of sp³-hybridized carbons (Fsp3) is 0.0625. The monoisotopic (exact) mass is 508 g/mol. The van der Waals surface area contributed by atoms with Gasteiger partial charge in [-0.15, -0.1) is 22.7 Å². The molecule has 7 aromatic rings. The third-order valence-corrected chi connectivity index (χ3v) is 10.3. The summed E-state index contributed by atoms with van der Waals surface area (Å²) < 4.78 is 10.4. The van der Waals surface area contributed by atoms with Crippen LogP contribution in [0.4, 0.5) is 0 Å². The van der Waals surface area contributed by atoms with Crippen LogP contribution in [0.15, 0.2) is 91.0 Å². The zero-order chi connectivity index (χ0) is 24.4. The molecule has 5 heteroatoms. The number of nitrogens with zero attached hydrogens (tertiary/aromatic N) is 2. The maximum Gasteiger partial charge on any atom is 0.252 e. The summed E-state index contributed by atoms with van der Waals surface area (Å²) in [5.41, 5.74) is 14.8. The van der Waals surface area contributed by atoms with E-state index in [4.69, 9.17) is 0 Å². The van der Waals surface area contributed by atoms with E-state index < -0.39 is 0 Å². The SMILES string of the molecule is Cc1ccc2c(c1)B1c3cc(C)ccc3-n3c4ccccc4sc4cc5sc6ccccc6n-2c5c1c43. The maximum absolute atomic E-state index is 2.55. The van der Waals surface area contributed by atoms with E-state index in [2.05, 4.69) is 114 Å². The molecule has 4 heterocycles. The van der Waals surface area contributed by atoms with Crippen LogP contribution in [0.1, 0.15) is 11.1 Å². The van der Waals surface area contributed by atoms with E-state index in [0.29, 0.717) is 0 Å². The van der Waals surface area contributed by atoms with E-state index >= 15 is 0 Å². The van der Waals surface area contributed by atoms with Crippen LogP contribution in [0.25, 0.3) is 52.2 Å². The quantitative estimate of drug-likeness (QED) is 0.156. The number of hydrogen-bond acceptors (Lipinski definition) is 2. The second-order valence-corrected chi connectivity index (χ2v) is 12.5. The lowest BCUT2D eigenvalue weighted by atomic mass is 9.34. The first kappa shape index (κ1) is 20.3. The summed E-state index contributed by atoms with van der Waals surface area (Å²) in [4.78, 5) is 0. The Morgan fingerprint density at radius 1 is 0.541 bits per heavy atom. The highest BCUT2D eigenvalue weighted by molar-refractivity contribution is 7.27. The average molecular weight is 508 g/mol. The number of benzene rings is 5. The van der Waals surface area contributed by atoms with Crippen molar-refractivity contribution in [1.82, 2.24) is 9.13 Å². The van der Waals surface area contributed by atoms with Gasteiger partial charge in [-0.2, -0.15) is 0 Å². The molecule has 2 aromatic heterocycles. The van der Waals surface area contributed by atoms with Gasteiger partial charge in [0, 0.05) is 11.4 Å². The van der Waals surface area contributed by atoms with Crippen molar-refractivity contribution in [2.75, 3.05) is 0 Å². The van der Waals surface area contributed by atoms with Crippen LogP contribution in [0, 0.1) is 13.8 Å². The van der Waals surface area contributed by atoms with Gasteiger partial charge in [-0.1, -0.05) is 59.7 Å². The topological polar surface area (TPSA) is 9.86 Å². The summed E-state index contributed by atoms with van der Waals surface area (Å²) in [5, 5.41) is 0. The van der Waals surface area contributed by atoms with Gasteiger partial charge >= 0.3 is 0 Å². The summed E-state index contributed by atoms with van der Waals surface area (Å²) in [7, 11) is 0. The Morgan fingerprint density at radius 2 is 1.03 bits per heavy atom. The number of aryl methyl sites for hydroxylation is 2. The Kier molecular flexibility index (Phi) is 3.81. The molecule has 2 aliphatic rings. The molecule has 0 bridgehead atoms. The third-order valence-electron chi connectivity index (χ3n) is 8.10. The zero-order valence-electron chi connectivity index (χ0n) is 20.4. The van der Waals surface area contributed by atoms with Crippen LogP contribution in [0.5, 0.6) is 0 Å². The van der Waals surface area contributed by atoms with Crippen LogP contribution < -0.4 is 16.4 Å². The Balaban J connectivity index is 1.65. The first-order valence-electron chi connectivity index (χ1n) is 12.7. The smallest absolute Gasteiger partial charge is 0.252 e. The molecule has 0 atom stereocenters. The van der Waals surface area contributed by atoms with Crippen molar-refractivity contribution in [1.29, 1.82) is 0 Å². The van der Waals surface area contributed by atoms with Gasteiger partial charge < -0.3 is 9.13 Å². The van der Waals surface area contributed by atoms with Crippen LogP contribution in [0.2, 0.25) is 0 Å². The molecule has 0 saturated heterocycles. The van der Waals surface area contributed by atoms with Gasteiger partial charge in [0.25, 0.3) is 6.71 Å². The molecule has 0 fully saturated rings. The van der Waals surface area contributed by atoms with Crippen molar-refractivity contribution in [3.05, 3.63) is 102 Å². The molecular formula is C32H21BN2S2. The molecule has 0 radical (unpaired) electrons. The fourth-order valence-corrected chi connectivity index (χ4v) is 8.97. The van der Waals surface area contributed by atoms with E-state index in [-0.39, 0.29) is 6.71 Å². The standard InChI is InChI=1S/C32H21BN2S2/c1-18-11-13-22-20(15-18)33-21-16-19(2)12-14-23(21)35-25-8-4-6-10-27(25)37-29-17-28-31(30(33)32(29)35)34(22)24-7-3-5-9-26(24)36-28/h3-17H,1-2H3. The first-order chi connectivity index (χ1) is 18.2. The Bertz CT molecular complexity index is 2040. The molecular weight excluding hydrogens is 487 g/mol. The van der Waals surface area contributed by atoms with Crippen LogP contribution in [-0.4, -0.2) is 15.8 Å². The van der Waals surface area contributed by atoms with Gasteiger partial charge in [-0.3, -0.25) is 0 Å². The highest BCUT2D eigenvalue weighted by Gasteiger charge is 2.39. The molecule has 0 spiro atoms. The molecule has 9 rings (SSSR count). The molecule has 0 amide bonds. The second-order valence-electron chi connectivity index (χ2n) is 10.4. The van der Waals surface area contributed by atoms with Crippen molar-refractivity contribution in [2.45, 2.75) is 13.8 Å². The number of fused-ring (bicyclic) bond motifs is 10.